The lowest BCUT2D eigenvalue weighted by molar-refractivity contribution is -0.384. The van der Waals surface area contributed by atoms with Crippen LogP contribution >= 0.6 is 31.9 Å². The topological polar surface area (TPSA) is 127 Å². The maximum absolute atomic E-state index is 13.6. The highest BCUT2D eigenvalue weighted by molar-refractivity contribution is 9.11. The largest absolute Gasteiger partial charge is 0.487 e. The number of halogens is 2. The van der Waals surface area contributed by atoms with E-state index in [2.05, 4.69) is 31.9 Å². The van der Waals surface area contributed by atoms with Crippen molar-refractivity contribution in [1.82, 2.24) is 4.90 Å². The van der Waals surface area contributed by atoms with Crippen molar-refractivity contribution in [2.75, 3.05) is 6.54 Å². The Morgan fingerprint density at radius 1 is 1.00 bits per heavy atom. The summed E-state index contributed by atoms with van der Waals surface area (Å²) in [4.78, 5) is 51.1. The molecule has 2 aliphatic carbocycles. The van der Waals surface area contributed by atoms with E-state index in [0.717, 1.165) is 21.4 Å². The Balaban J connectivity index is 1.63. The molecule has 1 N–H and O–H groups in total. The Hall–Kier alpha value is -3.31. The highest BCUT2D eigenvalue weighted by atomic mass is 79.9. The van der Waals surface area contributed by atoms with E-state index >= 15 is 0 Å². The van der Waals surface area contributed by atoms with Crippen molar-refractivity contribution in [3.63, 3.8) is 0 Å². The number of Topliss-reactive ketones (excluding diaryl/α,β-unsaturated/α-hetero) is 2. The zero-order chi connectivity index (χ0) is 28.6. The molecule has 1 heterocycles. The first-order valence-electron chi connectivity index (χ1n) is 13.0. The van der Waals surface area contributed by atoms with Crippen LogP contribution in [0.15, 0.2) is 67.9 Å². The normalized spacial score (nSPS) is 17.6. The molecule has 1 aliphatic heterocycles. The van der Waals surface area contributed by atoms with Gasteiger partial charge in [-0.3, -0.25) is 24.5 Å². The Morgan fingerprint density at radius 3 is 2.15 bits per heavy atom. The van der Waals surface area contributed by atoms with Crippen molar-refractivity contribution < 1.29 is 29.2 Å². The lowest BCUT2D eigenvalue weighted by Gasteiger charge is -2.44. The van der Waals surface area contributed by atoms with Crippen LogP contribution in [-0.2, 0) is 21.0 Å². The van der Waals surface area contributed by atoms with Crippen LogP contribution in [0.4, 0.5) is 5.69 Å². The number of nitrogens with zero attached hydrogens (tertiary/aromatic N) is 2. The van der Waals surface area contributed by atoms with Crippen LogP contribution in [0.2, 0.25) is 0 Å². The summed E-state index contributed by atoms with van der Waals surface area (Å²) in [5.74, 6) is -1.20. The minimum Gasteiger partial charge on any atom is -0.487 e. The Morgan fingerprint density at radius 2 is 1.60 bits per heavy atom. The minimum atomic E-state index is -0.937. The number of non-ortho nitro benzene ring substituents is 1. The van der Waals surface area contributed by atoms with Crippen LogP contribution in [-0.4, -0.2) is 39.0 Å². The molecule has 40 heavy (non-hydrogen) atoms. The van der Waals surface area contributed by atoms with Crippen molar-refractivity contribution in [2.24, 2.45) is 0 Å². The standard InChI is InChI=1S/C29H26Br2N2O7/c30-17-13-19(29(20(31)14-17)40-15-16-7-9-18(10-8-16)33(38)39)26-27-21(3-1-5-23(27)34)32(12-11-25(36)37)22-4-2-6-24(35)28(22)26/h7-10,13-14,26H,1-6,11-12,15H2,(H,36,37). The molecule has 9 nitrogen and oxygen atoms in total. The van der Waals surface area contributed by atoms with E-state index in [1.54, 1.807) is 12.1 Å². The van der Waals surface area contributed by atoms with Crippen LogP contribution in [0.5, 0.6) is 5.75 Å². The number of carbonyl (C=O) groups is 3. The lowest BCUT2D eigenvalue weighted by Crippen LogP contribution is -2.40. The predicted octanol–water partition coefficient (Wildman–Crippen LogP) is 6.59. The highest BCUT2D eigenvalue weighted by Gasteiger charge is 2.44. The summed E-state index contributed by atoms with van der Waals surface area (Å²) in [7, 11) is 0. The Kier molecular flexibility index (Phi) is 8.23. The third-order valence-corrected chi connectivity index (χ3v) is 8.56. The van der Waals surface area contributed by atoms with E-state index in [4.69, 9.17) is 4.74 Å². The van der Waals surface area contributed by atoms with Crippen LogP contribution in [0.25, 0.3) is 0 Å². The van der Waals surface area contributed by atoms with Crippen LogP contribution in [0.1, 0.15) is 62.0 Å². The average molecular weight is 674 g/mol. The molecular weight excluding hydrogens is 648 g/mol. The molecule has 11 heteroatoms. The SMILES string of the molecule is O=C(O)CCN1C2=C(C(=O)CCC2)C(c2cc(Br)cc(Br)c2OCc2ccc([N+](=O)[O-])cc2)C2=C1CCCC2=O. The monoisotopic (exact) mass is 672 g/mol. The van der Waals surface area contributed by atoms with Gasteiger partial charge in [0.1, 0.15) is 12.4 Å². The Labute approximate surface area is 247 Å². The van der Waals surface area contributed by atoms with Gasteiger partial charge in [0, 0.05) is 70.0 Å². The van der Waals surface area contributed by atoms with Crippen LogP contribution in [0, 0.1) is 10.1 Å². The van der Waals surface area contributed by atoms with E-state index in [1.807, 2.05) is 17.0 Å². The van der Waals surface area contributed by atoms with E-state index in [-0.39, 0.29) is 36.8 Å². The molecule has 0 fully saturated rings. The lowest BCUT2D eigenvalue weighted by atomic mass is 9.70. The van der Waals surface area contributed by atoms with Gasteiger partial charge in [-0.2, -0.15) is 0 Å². The van der Waals surface area contributed by atoms with Crippen molar-refractivity contribution in [2.45, 2.75) is 57.5 Å². The van der Waals surface area contributed by atoms with Gasteiger partial charge in [-0.1, -0.05) is 15.9 Å². The fourth-order valence-corrected chi connectivity index (χ4v) is 7.19. The molecule has 0 amide bonds. The number of carboxylic acids is 1. The molecule has 0 radical (unpaired) electrons. The van der Waals surface area contributed by atoms with Gasteiger partial charge in [-0.05, 0) is 71.4 Å². The Bertz CT molecular complexity index is 1440. The molecule has 0 aromatic heterocycles. The molecule has 0 spiro atoms. The number of ether oxygens (including phenoxy) is 1. The van der Waals surface area contributed by atoms with Gasteiger partial charge < -0.3 is 14.7 Å². The number of aliphatic carboxylic acids is 1. The maximum atomic E-state index is 13.6. The molecule has 2 aromatic carbocycles. The first-order valence-corrected chi connectivity index (χ1v) is 14.6. The van der Waals surface area contributed by atoms with Gasteiger partial charge >= 0.3 is 5.97 Å². The summed E-state index contributed by atoms with van der Waals surface area (Å²) in [5, 5.41) is 20.4. The fraction of sp³-hybridized carbons (Fsp3) is 0.345. The molecule has 0 atom stereocenters. The fourth-order valence-electron chi connectivity index (χ4n) is 5.82. The minimum absolute atomic E-state index is 0.0190. The van der Waals surface area contributed by atoms with E-state index < -0.39 is 16.8 Å². The quantitative estimate of drug-likeness (QED) is 0.246. The van der Waals surface area contributed by atoms with E-state index in [0.29, 0.717) is 65.5 Å². The molecule has 0 saturated heterocycles. The number of carbonyl (C=O) groups excluding carboxylic acids is 2. The summed E-state index contributed by atoms with van der Waals surface area (Å²) in [6.45, 7) is 0.314. The van der Waals surface area contributed by atoms with Crippen molar-refractivity contribution in [3.8, 4) is 5.75 Å². The molecule has 0 bridgehead atoms. The van der Waals surface area contributed by atoms with E-state index in [9.17, 15) is 29.6 Å². The van der Waals surface area contributed by atoms with Crippen LogP contribution < -0.4 is 4.74 Å². The zero-order valence-electron chi connectivity index (χ0n) is 21.5. The van der Waals surface area contributed by atoms with Crippen molar-refractivity contribution in [3.05, 3.63) is 89.1 Å². The highest BCUT2D eigenvalue weighted by Crippen LogP contribution is 2.52. The van der Waals surface area contributed by atoms with E-state index in [1.165, 1.54) is 12.1 Å². The van der Waals surface area contributed by atoms with Gasteiger partial charge in [-0.25, -0.2) is 0 Å². The molecule has 2 aromatic rings. The summed E-state index contributed by atoms with van der Waals surface area (Å²) in [6.07, 6.45) is 3.17. The first-order chi connectivity index (χ1) is 19.2. The van der Waals surface area contributed by atoms with Gasteiger partial charge in [-0.15, -0.1) is 0 Å². The number of benzene rings is 2. The van der Waals surface area contributed by atoms with Gasteiger partial charge in [0.05, 0.1) is 15.8 Å². The maximum Gasteiger partial charge on any atom is 0.305 e. The number of hydrogen-bond donors (Lipinski definition) is 1. The number of rotatable bonds is 8. The zero-order valence-corrected chi connectivity index (χ0v) is 24.6. The summed E-state index contributed by atoms with van der Waals surface area (Å²) < 4.78 is 7.67. The van der Waals surface area contributed by atoms with Gasteiger partial charge in [0.25, 0.3) is 5.69 Å². The molecule has 5 rings (SSSR count). The molecule has 208 valence electrons. The van der Waals surface area contributed by atoms with Gasteiger partial charge in [0.2, 0.25) is 0 Å². The average Bonchev–Trinajstić information content (AvgIpc) is 2.91. The number of hydrogen-bond acceptors (Lipinski definition) is 7. The van der Waals surface area contributed by atoms with Crippen LogP contribution in [0.3, 0.4) is 0 Å². The predicted molar refractivity (Wildman–Crippen MR) is 153 cm³/mol. The summed E-state index contributed by atoms with van der Waals surface area (Å²) in [6, 6.07) is 9.78. The second kappa shape index (κ2) is 11.7. The molecular formula is C29H26Br2N2O7. The molecule has 3 aliphatic rings. The first kappa shape index (κ1) is 28.2. The number of carboxylic acid groups (broad SMARTS) is 1. The summed E-state index contributed by atoms with van der Waals surface area (Å²) >= 11 is 7.17. The molecule has 0 unspecified atom stereocenters. The number of allylic oxidation sites excluding steroid dienone is 4. The smallest absolute Gasteiger partial charge is 0.305 e. The number of nitro groups is 1. The number of nitro benzene ring substituents is 1. The van der Waals surface area contributed by atoms with Gasteiger partial charge in [0.15, 0.2) is 11.6 Å². The second-order valence-corrected chi connectivity index (χ2v) is 11.8. The van der Waals surface area contributed by atoms with Crippen molar-refractivity contribution in [1.29, 1.82) is 0 Å². The molecule has 0 saturated carbocycles. The second-order valence-electron chi connectivity index (χ2n) is 10.0. The number of ketones is 2. The van der Waals surface area contributed by atoms with Crippen molar-refractivity contribution >= 4 is 55.1 Å². The summed E-state index contributed by atoms with van der Waals surface area (Å²) in [5.41, 5.74) is 4.03. The third kappa shape index (κ3) is 5.49. The third-order valence-electron chi connectivity index (χ3n) is 7.51.